The van der Waals surface area contributed by atoms with Gasteiger partial charge < -0.3 is 9.47 Å². The molecule has 0 amide bonds. The SMILES string of the molecule is CC1COC(c2ccc(N=C=S)c(F)c2)OC1. The van der Waals surface area contributed by atoms with Gasteiger partial charge in [-0.25, -0.2) is 4.39 Å². The van der Waals surface area contributed by atoms with Gasteiger partial charge in [0.15, 0.2) is 6.29 Å². The molecule has 0 spiro atoms. The van der Waals surface area contributed by atoms with Crippen LogP contribution in [0.15, 0.2) is 23.2 Å². The first-order chi connectivity index (χ1) is 8.20. The molecule has 0 aromatic heterocycles. The van der Waals surface area contributed by atoms with Gasteiger partial charge in [-0.05, 0) is 24.4 Å². The summed E-state index contributed by atoms with van der Waals surface area (Å²) in [6.45, 7) is 3.27. The number of ether oxygens (including phenoxy) is 2. The van der Waals surface area contributed by atoms with Gasteiger partial charge in [-0.2, -0.15) is 4.99 Å². The number of benzene rings is 1. The van der Waals surface area contributed by atoms with E-state index < -0.39 is 12.1 Å². The van der Waals surface area contributed by atoms with Crippen molar-refractivity contribution in [2.45, 2.75) is 13.2 Å². The van der Waals surface area contributed by atoms with Gasteiger partial charge in [0.1, 0.15) is 11.5 Å². The van der Waals surface area contributed by atoms with Crippen LogP contribution in [0.4, 0.5) is 10.1 Å². The van der Waals surface area contributed by atoms with Crippen LogP contribution < -0.4 is 0 Å². The van der Waals surface area contributed by atoms with Crippen LogP contribution >= 0.6 is 12.2 Å². The third kappa shape index (κ3) is 2.96. The topological polar surface area (TPSA) is 30.8 Å². The third-order valence-corrected chi connectivity index (χ3v) is 2.57. The van der Waals surface area contributed by atoms with Crippen molar-refractivity contribution < 1.29 is 13.9 Å². The number of isothiocyanates is 1. The molecule has 1 aliphatic rings. The standard InChI is InChI=1S/C12H12FNO2S/c1-8-5-15-12(16-6-8)9-2-3-11(14-7-17)10(13)4-9/h2-4,8,12H,5-6H2,1H3. The van der Waals surface area contributed by atoms with E-state index >= 15 is 0 Å². The molecule has 0 saturated carbocycles. The molecular weight excluding hydrogens is 241 g/mol. The highest BCUT2D eigenvalue weighted by atomic mass is 32.1. The number of nitrogens with zero attached hydrogens (tertiary/aromatic N) is 1. The molecule has 1 aliphatic heterocycles. The van der Waals surface area contributed by atoms with Gasteiger partial charge in [0, 0.05) is 11.5 Å². The Kier molecular flexibility index (Phi) is 3.97. The third-order valence-electron chi connectivity index (χ3n) is 2.47. The fourth-order valence-electron chi connectivity index (χ4n) is 1.60. The largest absolute Gasteiger partial charge is 0.348 e. The molecule has 1 aromatic carbocycles. The molecule has 1 fully saturated rings. The Morgan fingerprint density at radius 3 is 2.71 bits per heavy atom. The van der Waals surface area contributed by atoms with E-state index in [-0.39, 0.29) is 5.69 Å². The second-order valence-electron chi connectivity index (χ2n) is 4.02. The molecule has 0 bridgehead atoms. The summed E-state index contributed by atoms with van der Waals surface area (Å²) in [6, 6.07) is 4.61. The average Bonchev–Trinajstić information content (AvgIpc) is 2.33. The molecule has 90 valence electrons. The molecule has 0 N–H and O–H groups in total. The molecule has 1 aromatic rings. The van der Waals surface area contributed by atoms with Crippen molar-refractivity contribution in [2.75, 3.05) is 13.2 Å². The first kappa shape index (κ1) is 12.3. The minimum Gasteiger partial charge on any atom is -0.348 e. The Balaban J connectivity index is 2.17. The highest BCUT2D eigenvalue weighted by molar-refractivity contribution is 7.78. The van der Waals surface area contributed by atoms with E-state index in [2.05, 4.69) is 22.4 Å². The Hall–Kier alpha value is -1.13. The van der Waals surface area contributed by atoms with E-state index in [9.17, 15) is 4.39 Å². The molecule has 1 saturated heterocycles. The van der Waals surface area contributed by atoms with E-state index in [4.69, 9.17) is 9.47 Å². The first-order valence-electron chi connectivity index (χ1n) is 5.31. The number of hydrogen-bond acceptors (Lipinski definition) is 4. The van der Waals surface area contributed by atoms with Crippen LogP contribution in [0, 0.1) is 11.7 Å². The molecule has 3 nitrogen and oxygen atoms in total. The van der Waals surface area contributed by atoms with Crippen molar-refractivity contribution in [1.82, 2.24) is 0 Å². The van der Waals surface area contributed by atoms with Gasteiger partial charge in [0.25, 0.3) is 0 Å². The van der Waals surface area contributed by atoms with E-state index in [1.165, 1.54) is 12.1 Å². The Labute approximate surface area is 104 Å². The smallest absolute Gasteiger partial charge is 0.183 e. The lowest BCUT2D eigenvalue weighted by molar-refractivity contribution is -0.202. The molecule has 0 unspecified atom stereocenters. The summed E-state index contributed by atoms with van der Waals surface area (Å²) in [5.41, 5.74) is 0.825. The molecule has 0 radical (unpaired) electrons. The summed E-state index contributed by atoms with van der Waals surface area (Å²) in [5, 5.41) is 2.14. The molecule has 2 rings (SSSR count). The number of aliphatic imine (C=N–C) groups is 1. The maximum absolute atomic E-state index is 13.6. The van der Waals surface area contributed by atoms with Crippen LogP contribution in [0.1, 0.15) is 18.8 Å². The fraction of sp³-hybridized carbons (Fsp3) is 0.417. The highest BCUT2D eigenvalue weighted by Gasteiger charge is 2.21. The van der Waals surface area contributed by atoms with Crippen LogP contribution in [0.2, 0.25) is 0 Å². The van der Waals surface area contributed by atoms with Crippen molar-refractivity contribution >= 4 is 23.1 Å². The summed E-state index contributed by atoms with van der Waals surface area (Å²) in [5.74, 6) is -0.0829. The number of hydrogen-bond donors (Lipinski definition) is 0. The summed E-state index contributed by atoms with van der Waals surface area (Å²) in [7, 11) is 0. The van der Waals surface area contributed by atoms with Crippen LogP contribution in [-0.2, 0) is 9.47 Å². The van der Waals surface area contributed by atoms with Crippen molar-refractivity contribution in [2.24, 2.45) is 10.9 Å². The van der Waals surface area contributed by atoms with Crippen molar-refractivity contribution in [3.63, 3.8) is 0 Å². The Bertz CT molecular complexity index is 452. The summed E-state index contributed by atoms with van der Waals surface area (Å²) in [4.78, 5) is 3.61. The van der Waals surface area contributed by atoms with Gasteiger partial charge in [-0.3, -0.25) is 0 Å². The normalized spacial score (nSPS) is 24.1. The average molecular weight is 253 g/mol. The van der Waals surface area contributed by atoms with Gasteiger partial charge in [0.05, 0.1) is 18.4 Å². The van der Waals surface area contributed by atoms with Crippen LogP contribution in [0.3, 0.4) is 0 Å². The summed E-state index contributed by atoms with van der Waals surface area (Å²) < 4.78 is 24.5. The van der Waals surface area contributed by atoms with E-state index in [0.29, 0.717) is 24.7 Å². The summed E-state index contributed by atoms with van der Waals surface area (Å²) in [6.07, 6.45) is -0.494. The molecule has 0 aliphatic carbocycles. The Morgan fingerprint density at radius 2 is 2.12 bits per heavy atom. The lowest BCUT2D eigenvalue weighted by Gasteiger charge is -2.27. The second kappa shape index (κ2) is 5.47. The van der Waals surface area contributed by atoms with Crippen LogP contribution in [0.25, 0.3) is 0 Å². The minimum absolute atomic E-state index is 0.174. The summed E-state index contributed by atoms with van der Waals surface area (Å²) >= 11 is 4.43. The van der Waals surface area contributed by atoms with E-state index in [1.54, 1.807) is 6.07 Å². The highest BCUT2D eigenvalue weighted by Crippen LogP contribution is 2.28. The predicted octanol–water partition coefficient (Wildman–Crippen LogP) is 3.24. The van der Waals surface area contributed by atoms with Gasteiger partial charge in [-0.15, -0.1) is 0 Å². The van der Waals surface area contributed by atoms with Crippen molar-refractivity contribution in [3.8, 4) is 0 Å². The molecular formula is C12H12FNO2S. The molecule has 1 heterocycles. The van der Waals surface area contributed by atoms with Crippen LogP contribution in [0.5, 0.6) is 0 Å². The molecule has 5 heteroatoms. The fourth-order valence-corrected chi connectivity index (χ4v) is 1.70. The molecule has 0 atom stereocenters. The molecule has 17 heavy (non-hydrogen) atoms. The number of rotatable bonds is 2. The monoisotopic (exact) mass is 253 g/mol. The zero-order valence-electron chi connectivity index (χ0n) is 9.35. The van der Waals surface area contributed by atoms with Crippen molar-refractivity contribution in [3.05, 3.63) is 29.6 Å². The van der Waals surface area contributed by atoms with E-state index in [1.807, 2.05) is 6.92 Å². The zero-order valence-corrected chi connectivity index (χ0v) is 10.2. The maximum atomic E-state index is 13.6. The maximum Gasteiger partial charge on any atom is 0.183 e. The van der Waals surface area contributed by atoms with Crippen LogP contribution in [-0.4, -0.2) is 18.4 Å². The van der Waals surface area contributed by atoms with Gasteiger partial charge >= 0.3 is 0 Å². The number of halogens is 1. The quantitative estimate of drug-likeness (QED) is 0.599. The first-order valence-corrected chi connectivity index (χ1v) is 5.72. The van der Waals surface area contributed by atoms with Gasteiger partial charge in [0.2, 0.25) is 0 Å². The van der Waals surface area contributed by atoms with E-state index in [0.717, 1.165) is 0 Å². The number of thiocarbonyl (C=S) groups is 1. The van der Waals surface area contributed by atoms with Crippen molar-refractivity contribution in [1.29, 1.82) is 0 Å². The Morgan fingerprint density at radius 1 is 1.41 bits per heavy atom. The zero-order chi connectivity index (χ0) is 12.3. The lowest BCUT2D eigenvalue weighted by Crippen LogP contribution is -2.25. The second-order valence-corrected chi connectivity index (χ2v) is 4.20. The van der Waals surface area contributed by atoms with Gasteiger partial charge in [-0.1, -0.05) is 13.0 Å². The minimum atomic E-state index is -0.494. The predicted molar refractivity (Wildman–Crippen MR) is 64.9 cm³/mol. The lowest BCUT2D eigenvalue weighted by atomic mass is 10.1.